The first-order valence-electron chi connectivity index (χ1n) is 21.5. The fraction of sp³-hybridized carbons (Fsp3) is 1.00. The molecule has 0 rings (SSSR count). The molecule has 0 spiro atoms. The molecule has 0 bridgehead atoms. The topological polar surface area (TPSA) is 0 Å². The minimum atomic E-state index is 0.940. The number of unbranched alkanes of at least 4 members (excludes halogenated alkanes) is 21. The first-order valence-corrected chi connectivity index (χ1v) is 21.5. The SMILES string of the molecule is CCCCCCCCCCCCCCCCCCCCC(C)CCCCCC(C)CCCC(C)CCCC(C)CCCCC. The average Bonchev–Trinajstić information content (AvgIpc) is 3.00. The summed E-state index contributed by atoms with van der Waals surface area (Å²) in [5, 5.41) is 0. The lowest BCUT2D eigenvalue weighted by molar-refractivity contribution is 0.372. The van der Waals surface area contributed by atoms with E-state index in [0.717, 1.165) is 23.7 Å². The molecule has 0 fully saturated rings. The van der Waals surface area contributed by atoms with Crippen molar-refractivity contribution in [2.45, 2.75) is 260 Å². The van der Waals surface area contributed by atoms with Crippen molar-refractivity contribution >= 4 is 0 Å². The molecule has 0 aromatic rings. The Morgan fingerprint density at radius 3 is 0.636 bits per heavy atom. The summed E-state index contributed by atoms with van der Waals surface area (Å²) >= 11 is 0. The van der Waals surface area contributed by atoms with Gasteiger partial charge in [0, 0.05) is 0 Å². The van der Waals surface area contributed by atoms with Gasteiger partial charge in [-0.15, -0.1) is 0 Å². The van der Waals surface area contributed by atoms with E-state index in [1.54, 1.807) is 0 Å². The molecule has 0 heterocycles. The highest BCUT2D eigenvalue weighted by Gasteiger charge is 2.08. The van der Waals surface area contributed by atoms with E-state index in [9.17, 15) is 0 Å². The standard InChI is InChI=1S/C44H90/c1-7-9-11-12-13-14-15-16-17-18-19-20-21-22-23-24-25-28-34-41(3)35-29-26-30-36-43(5)38-32-40-44(6)39-31-37-42(4)33-27-10-8-2/h41-44H,7-40H2,1-6H3. The van der Waals surface area contributed by atoms with Crippen LogP contribution in [-0.2, 0) is 0 Å². The third-order valence-electron chi connectivity index (χ3n) is 11.0. The van der Waals surface area contributed by atoms with Crippen LogP contribution in [0.15, 0.2) is 0 Å². The van der Waals surface area contributed by atoms with Crippen LogP contribution in [-0.4, -0.2) is 0 Å². The van der Waals surface area contributed by atoms with Gasteiger partial charge in [0.15, 0.2) is 0 Å². The van der Waals surface area contributed by atoms with Gasteiger partial charge in [0.2, 0.25) is 0 Å². The summed E-state index contributed by atoms with van der Waals surface area (Å²) in [5.74, 6) is 3.79. The third-order valence-corrected chi connectivity index (χ3v) is 11.0. The molecule has 0 radical (unpaired) electrons. The Balaban J connectivity index is 3.36. The molecular formula is C44H90. The van der Waals surface area contributed by atoms with Crippen LogP contribution in [0, 0.1) is 23.7 Å². The lowest BCUT2D eigenvalue weighted by Crippen LogP contribution is -2.01. The number of hydrogen-bond acceptors (Lipinski definition) is 0. The molecule has 0 saturated heterocycles. The van der Waals surface area contributed by atoms with E-state index >= 15 is 0 Å². The van der Waals surface area contributed by atoms with Gasteiger partial charge < -0.3 is 0 Å². The summed E-state index contributed by atoms with van der Waals surface area (Å²) in [6.45, 7) is 14.7. The Morgan fingerprint density at radius 2 is 0.364 bits per heavy atom. The van der Waals surface area contributed by atoms with E-state index in [4.69, 9.17) is 0 Å². The van der Waals surface area contributed by atoms with Gasteiger partial charge in [0.25, 0.3) is 0 Å². The Bertz CT molecular complexity index is 508. The van der Waals surface area contributed by atoms with Crippen LogP contribution >= 0.6 is 0 Å². The average molecular weight is 619 g/mol. The molecule has 0 aromatic carbocycles. The second-order valence-electron chi connectivity index (χ2n) is 16.2. The van der Waals surface area contributed by atoms with E-state index < -0.39 is 0 Å². The minimum absolute atomic E-state index is 0.940. The molecule has 0 aliphatic heterocycles. The molecule has 0 nitrogen and oxygen atoms in total. The quantitative estimate of drug-likeness (QED) is 0.0608. The number of rotatable bonds is 37. The molecule has 0 N–H and O–H groups in total. The lowest BCUT2D eigenvalue weighted by Gasteiger charge is -2.16. The maximum absolute atomic E-state index is 2.52. The first-order chi connectivity index (χ1) is 21.5. The van der Waals surface area contributed by atoms with E-state index in [1.807, 2.05) is 0 Å². The maximum atomic E-state index is 2.52. The molecule has 0 amide bonds. The molecule has 4 atom stereocenters. The summed E-state index contributed by atoms with van der Waals surface area (Å²) in [6.07, 6.45) is 49.9. The van der Waals surface area contributed by atoms with Gasteiger partial charge in [0.05, 0.1) is 0 Å². The van der Waals surface area contributed by atoms with Crippen LogP contribution in [0.4, 0.5) is 0 Å². The first kappa shape index (κ1) is 44.0. The molecule has 0 aliphatic carbocycles. The van der Waals surface area contributed by atoms with Crippen molar-refractivity contribution in [1.29, 1.82) is 0 Å². The molecule has 0 aromatic heterocycles. The fourth-order valence-electron chi connectivity index (χ4n) is 7.51. The Labute approximate surface area is 282 Å². The molecule has 266 valence electrons. The number of hydrogen-bond donors (Lipinski definition) is 0. The molecule has 0 heteroatoms. The molecule has 0 aliphatic rings. The zero-order chi connectivity index (χ0) is 32.4. The summed E-state index contributed by atoms with van der Waals surface area (Å²) in [5.41, 5.74) is 0. The van der Waals surface area contributed by atoms with Crippen molar-refractivity contribution in [1.82, 2.24) is 0 Å². The van der Waals surface area contributed by atoms with E-state index in [1.165, 1.54) is 218 Å². The second-order valence-corrected chi connectivity index (χ2v) is 16.2. The summed E-state index contributed by atoms with van der Waals surface area (Å²) in [4.78, 5) is 0. The molecule has 4 unspecified atom stereocenters. The van der Waals surface area contributed by atoms with E-state index in [2.05, 4.69) is 41.5 Å². The summed E-state index contributed by atoms with van der Waals surface area (Å²) in [7, 11) is 0. The predicted octanol–water partition coefficient (Wildman–Crippen LogP) is 16.8. The van der Waals surface area contributed by atoms with Gasteiger partial charge in [-0.05, 0) is 23.7 Å². The van der Waals surface area contributed by atoms with Gasteiger partial charge in [0.1, 0.15) is 0 Å². The highest BCUT2D eigenvalue weighted by Crippen LogP contribution is 2.24. The van der Waals surface area contributed by atoms with Crippen LogP contribution in [0.5, 0.6) is 0 Å². The smallest absolute Gasteiger partial charge is 0.0443 e. The lowest BCUT2D eigenvalue weighted by atomic mass is 9.90. The van der Waals surface area contributed by atoms with Crippen LogP contribution in [0.25, 0.3) is 0 Å². The van der Waals surface area contributed by atoms with Crippen molar-refractivity contribution in [2.24, 2.45) is 23.7 Å². The van der Waals surface area contributed by atoms with Crippen molar-refractivity contribution in [3.63, 3.8) is 0 Å². The predicted molar refractivity (Wildman–Crippen MR) is 205 cm³/mol. The van der Waals surface area contributed by atoms with Crippen molar-refractivity contribution < 1.29 is 0 Å². The van der Waals surface area contributed by atoms with Crippen LogP contribution in [0.1, 0.15) is 260 Å². The largest absolute Gasteiger partial charge is 0.0654 e. The van der Waals surface area contributed by atoms with Crippen molar-refractivity contribution in [3.8, 4) is 0 Å². The fourth-order valence-corrected chi connectivity index (χ4v) is 7.51. The zero-order valence-electron chi connectivity index (χ0n) is 32.4. The van der Waals surface area contributed by atoms with Gasteiger partial charge in [-0.25, -0.2) is 0 Å². The van der Waals surface area contributed by atoms with Gasteiger partial charge in [-0.1, -0.05) is 260 Å². The van der Waals surface area contributed by atoms with E-state index in [-0.39, 0.29) is 0 Å². The Kier molecular flexibility index (Phi) is 35.8. The van der Waals surface area contributed by atoms with Gasteiger partial charge in [-0.2, -0.15) is 0 Å². The van der Waals surface area contributed by atoms with Crippen molar-refractivity contribution in [2.75, 3.05) is 0 Å². The van der Waals surface area contributed by atoms with Crippen LogP contribution < -0.4 is 0 Å². The van der Waals surface area contributed by atoms with Gasteiger partial charge >= 0.3 is 0 Å². The molecular weight excluding hydrogens is 528 g/mol. The zero-order valence-corrected chi connectivity index (χ0v) is 32.4. The minimum Gasteiger partial charge on any atom is -0.0654 e. The van der Waals surface area contributed by atoms with Crippen molar-refractivity contribution in [3.05, 3.63) is 0 Å². The third kappa shape index (κ3) is 34.9. The molecule has 44 heavy (non-hydrogen) atoms. The second kappa shape index (κ2) is 35.8. The maximum Gasteiger partial charge on any atom is -0.0443 e. The Hall–Kier alpha value is 0. The Morgan fingerprint density at radius 1 is 0.205 bits per heavy atom. The highest BCUT2D eigenvalue weighted by molar-refractivity contribution is 4.62. The normalized spacial score (nSPS) is 14.6. The summed E-state index contributed by atoms with van der Waals surface area (Å²) in [6, 6.07) is 0. The highest BCUT2D eigenvalue weighted by atomic mass is 14.1. The summed E-state index contributed by atoms with van der Waals surface area (Å²) < 4.78 is 0. The monoisotopic (exact) mass is 619 g/mol. The van der Waals surface area contributed by atoms with Crippen LogP contribution in [0.2, 0.25) is 0 Å². The van der Waals surface area contributed by atoms with Crippen LogP contribution in [0.3, 0.4) is 0 Å². The molecule has 0 saturated carbocycles. The van der Waals surface area contributed by atoms with Gasteiger partial charge in [-0.3, -0.25) is 0 Å². The van der Waals surface area contributed by atoms with E-state index in [0.29, 0.717) is 0 Å².